The summed E-state index contributed by atoms with van der Waals surface area (Å²) in [6, 6.07) is 28.9. The zero-order valence-electron chi connectivity index (χ0n) is 14.4. The lowest BCUT2D eigenvalue weighted by Gasteiger charge is -2.29. The Hall–Kier alpha value is -2.87. The molecule has 3 aromatic rings. The first-order chi connectivity index (χ1) is 12.2. The molecule has 0 N–H and O–H groups in total. The Balaban J connectivity index is 1.86. The summed E-state index contributed by atoms with van der Waals surface area (Å²) in [6.45, 7) is 0. The number of nitrogens with zero attached hydrogens (tertiary/aromatic N) is 1. The maximum absolute atomic E-state index is 13.4. The van der Waals surface area contributed by atoms with Gasteiger partial charge in [-0.3, -0.25) is 4.79 Å². The van der Waals surface area contributed by atoms with Crippen molar-refractivity contribution in [3.8, 4) is 0 Å². The van der Waals surface area contributed by atoms with Gasteiger partial charge in [0, 0.05) is 12.7 Å². The van der Waals surface area contributed by atoms with Gasteiger partial charge >= 0.3 is 0 Å². The summed E-state index contributed by atoms with van der Waals surface area (Å²) in [4.78, 5) is 15.2. The van der Waals surface area contributed by atoms with E-state index in [1.807, 2.05) is 66.5 Å². The maximum atomic E-state index is 13.4. The van der Waals surface area contributed by atoms with Gasteiger partial charge in [0.05, 0.1) is 5.41 Å². The topological polar surface area (TPSA) is 20.3 Å². The number of carbonyl (C=O) groups excluding carboxylic acids is 1. The molecule has 1 amide bonds. The Morgan fingerprint density at radius 3 is 1.76 bits per heavy atom. The Labute approximate surface area is 148 Å². The molecule has 2 heteroatoms. The Morgan fingerprint density at radius 2 is 1.20 bits per heavy atom. The van der Waals surface area contributed by atoms with E-state index in [0.29, 0.717) is 12.8 Å². The van der Waals surface area contributed by atoms with Gasteiger partial charge < -0.3 is 4.90 Å². The average Bonchev–Trinajstić information content (AvgIpc) is 2.86. The predicted molar refractivity (Wildman–Crippen MR) is 102 cm³/mol. The standard InChI is InChI=1S/C23H21NO/c1-24-21-15-9-8-14-20(21)23(22(24)25,16-18-10-4-2-5-11-18)17-19-12-6-3-7-13-19/h2-15H,16-17H2,1H3. The third kappa shape index (κ3) is 2.64. The minimum atomic E-state index is -0.548. The normalized spacial score (nSPS) is 15.2. The van der Waals surface area contributed by atoms with Crippen molar-refractivity contribution in [3.05, 3.63) is 102 Å². The van der Waals surface area contributed by atoms with Crippen molar-refractivity contribution in [1.82, 2.24) is 0 Å². The van der Waals surface area contributed by atoms with Crippen LogP contribution in [0.2, 0.25) is 0 Å². The van der Waals surface area contributed by atoms with Crippen molar-refractivity contribution >= 4 is 11.6 Å². The number of amides is 1. The summed E-state index contributed by atoms with van der Waals surface area (Å²) in [6.07, 6.45) is 1.42. The van der Waals surface area contributed by atoms with E-state index in [-0.39, 0.29) is 5.91 Å². The minimum Gasteiger partial charge on any atom is -0.314 e. The number of hydrogen-bond acceptors (Lipinski definition) is 1. The van der Waals surface area contributed by atoms with Crippen LogP contribution in [0.15, 0.2) is 84.9 Å². The number of fused-ring (bicyclic) bond motifs is 1. The Bertz CT molecular complexity index is 845. The summed E-state index contributed by atoms with van der Waals surface area (Å²) in [5.74, 6) is 0.182. The molecular formula is C23H21NO. The van der Waals surface area contributed by atoms with E-state index in [9.17, 15) is 4.79 Å². The predicted octanol–water partition coefficient (Wildman–Crippen LogP) is 4.39. The van der Waals surface area contributed by atoms with E-state index in [0.717, 1.165) is 11.3 Å². The van der Waals surface area contributed by atoms with Gasteiger partial charge in [-0.25, -0.2) is 0 Å². The van der Waals surface area contributed by atoms with Crippen LogP contribution in [0, 0.1) is 0 Å². The molecule has 1 aliphatic heterocycles. The highest BCUT2D eigenvalue weighted by atomic mass is 16.2. The highest BCUT2D eigenvalue weighted by Crippen LogP contribution is 2.45. The van der Waals surface area contributed by atoms with Crippen LogP contribution in [0.3, 0.4) is 0 Å². The van der Waals surface area contributed by atoms with E-state index < -0.39 is 5.41 Å². The van der Waals surface area contributed by atoms with Crippen LogP contribution >= 0.6 is 0 Å². The number of para-hydroxylation sites is 1. The smallest absolute Gasteiger partial charge is 0.238 e. The number of anilines is 1. The molecule has 1 heterocycles. The minimum absolute atomic E-state index is 0.182. The van der Waals surface area contributed by atoms with E-state index in [2.05, 4.69) is 30.3 Å². The van der Waals surface area contributed by atoms with E-state index in [1.54, 1.807) is 0 Å². The van der Waals surface area contributed by atoms with Crippen molar-refractivity contribution in [1.29, 1.82) is 0 Å². The third-order valence-electron chi connectivity index (χ3n) is 5.19. The Morgan fingerprint density at radius 1 is 0.720 bits per heavy atom. The van der Waals surface area contributed by atoms with Gasteiger partial charge in [-0.05, 0) is 35.6 Å². The van der Waals surface area contributed by atoms with Crippen LogP contribution < -0.4 is 4.90 Å². The number of likely N-dealkylation sites (N-methyl/N-ethyl adjacent to an activating group) is 1. The molecule has 3 aromatic carbocycles. The van der Waals surface area contributed by atoms with E-state index >= 15 is 0 Å². The highest BCUT2D eigenvalue weighted by molar-refractivity contribution is 6.08. The second-order valence-corrected chi connectivity index (χ2v) is 6.79. The molecule has 1 aliphatic rings. The van der Waals surface area contributed by atoms with Gasteiger partial charge in [-0.15, -0.1) is 0 Å². The monoisotopic (exact) mass is 327 g/mol. The molecule has 4 rings (SSSR count). The van der Waals surface area contributed by atoms with Gasteiger partial charge in [-0.2, -0.15) is 0 Å². The van der Waals surface area contributed by atoms with Gasteiger partial charge in [0.1, 0.15) is 0 Å². The molecule has 0 fully saturated rings. The van der Waals surface area contributed by atoms with Gasteiger partial charge in [-0.1, -0.05) is 78.9 Å². The van der Waals surface area contributed by atoms with Crippen molar-refractivity contribution in [2.75, 3.05) is 11.9 Å². The van der Waals surface area contributed by atoms with Gasteiger partial charge in [0.25, 0.3) is 0 Å². The molecule has 0 bridgehead atoms. The first kappa shape index (κ1) is 15.6. The van der Waals surface area contributed by atoms with E-state index in [4.69, 9.17) is 0 Å². The van der Waals surface area contributed by atoms with Crippen molar-refractivity contribution in [2.24, 2.45) is 0 Å². The first-order valence-corrected chi connectivity index (χ1v) is 8.66. The molecule has 0 radical (unpaired) electrons. The van der Waals surface area contributed by atoms with Crippen LogP contribution in [-0.2, 0) is 23.1 Å². The molecule has 0 saturated carbocycles. The fraction of sp³-hybridized carbons (Fsp3) is 0.174. The maximum Gasteiger partial charge on any atom is 0.238 e. The SMILES string of the molecule is CN1C(=O)C(Cc2ccccc2)(Cc2ccccc2)c2ccccc21. The second-order valence-electron chi connectivity index (χ2n) is 6.79. The van der Waals surface area contributed by atoms with Gasteiger partial charge in [0.2, 0.25) is 5.91 Å². The molecule has 124 valence electrons. The van der Waals surface area contributed by atoms with Crippen molar-refractivity contribution in [2.45, 2.75) is 18.3 Å². The van der Waals surface area contributed by atoms with Crippen molar-refractivity contribution in [3.63, 3.8) is 0 Å². The molecule has 25 heavy (non-hydrogen) atoms. The largest absolute Gasteiger partial charge is 0.314 e. The van der Waals surface area contributed by atoms with E-state index in [1.165, 1.54) is 11.1 Å². The van der Waals surface area contributed by atoms with Crippen LogP contribution in [0.5, 0.6) is 0 Å². The molecule has 0 atom stereocenters. The van der Waals surface area contributed by atoms with Crippen LogP contribution in [0.1, 0.15) is 16.7 Å². The summed E-state index contributed by atoms with van der Waals surface area (Å²) in [5, 5.41) is 0. The third-order valence-corrected chi connectivity index (χ3v) is 5.19. The molecule has 2 nitrogen and oxygen atoms in total. The average molecular weight is 327 g/mol. The fourth-order valence-electron chi connectivity index (χ4n) is 4.01. The van der Waals surface area contributed by atoms with Gasteiger partial charge in [0.15, 0.2) is 0 Å². The highest BCUT2D eigenvalue weighted by Gasteiger charge is 2.49. The lowest BCUT2D eigenvalue weighted by atomic mass is 9.72. The van der Waals surface area contributed by atoms with Crippen LogP contribution in [0.4, 0.5) is 5.69 Å². The fourth-order valence-corrected chi connectivity index (χ4v) is 4.01. The molecule has 0 aromatic heterocycles. The zero-order chi connectivity index (χ0) is 17.3. The number of benzene rings is 3. The number of carbonyl (C=O) groups is 1. The first-order valence-electron chi connectivity index (χ1n) is 8.66. The summed E-state index contributed by atoms with van der Waals surface area (Å²) < 4.78 is 0. The second kappa shape index (κ2) is 6.21. The molecule has 0 aliphatic carbocycles. The summed E-state index contributed by atoms with van der Waals surface area (Å²) in [5.41, 5.74) is 4.00. The van der Waals surface area contributed by atoms with Crippen LogP contribution in [-0.4, -0.2) is 13.0 Å². The molecule has 0 spiro atoms. The quantitative estimate of drug-likeness (QED) is 0.696. The van der Waals surface area contributed by atoms with Crippen LogP contribution in [0.25, 0.3) is 0 Å². The Kier molecular flexibility index (Phi) is 3.89. The molecule has 0 unspecified atom stereocenters. The summed E-state index contributed by atoms with van der Waals surface area (Å²) in [7, 11) is 1.89. The van der Waals surface area contributed by atoms with Crippen molar-refractivity contribution < 1.29 is 4.79 Å². The number of rotatable bonds is 4. The zero-order valence-corrected chi connectivity index (χ0v) is 14.4. The molecule has 0 saturated heterocycles. The lowest BCUT2D eigenvalue weighted by molar-refractivity contribution is -0.122. The lowest BCUT2D eigenvalue weighted by Crippen LogP contribution is -2.42. The number of hydrogen-bond donors (Lipinski definition) is 0. The summed E-state index contributed by atoms with van der Waals surface area (Å²) >= 11 is 0. The molecular weight excluding hydrogens is 306 g/mol.